The van der Waals surface area contributed by atoms with Crippen molar-refractivity contribution in [2.75, 3.05) is 0 Å². The number of rotatable bonds is 5. The van der Waals surface area contributed by atoms with E-state index in [1.54, 1.807) is 0 Å². The van der Waals surface area contributed by atoms with Crippen LogP contribution in [0.3, 0.4) is 0 Å². The van der Waals surface area contributed by atoms with E-state index in [2.05, 4.69) is 34.6 Å². The van der Waals surface area contributed by atoms with Gasteiger partial charge in [-0.2, -0.15) is 0 Å². The minimum absolute atomic E-state index is 0.171. The topological polar surface area (TPSA) is 37.3 Å². The van der Waals surface area contributed by atoms with Crippen LogP contribution in [0.15, 0.2) is 11.1 Å². The number of hydrogen-bond donors (Lipinski definition) is 1. The fourth-order valence-electron chi connectivity index (χ4n) is 8.19. The second-order valence-corrected chi connectivity index (χ2v) is 12.1. The number of allylic oxidation sites excluding steroid dienone is 2. The minimum Gasteiger partial charge on any atom is -0.393 e. The fraction of sp³-hybridized carbons (Fsp3) is 0.889. The third-order valence-corrected chi connectivity index (χ3v) is 10.0. The van der Waals surface area contributed by atoms with Gasteiger partial charge in [-0.15, -0.1) is 0 Å². The van der Waals surface area contributed by atoms with Crippen molar-refractivity contribution >= 4 is 5.78 Å². The van der Waals surface area contributed by atoms with E-state index in [-0.39, 0.29) is 11.5 Å². The largest absolute Gasteiger partial charge is 0.393 e. The Morgan fingerprint density at radius 1 is 1.07 bits per heavy atom. The van der Waals surface area contributed by atoms with Crippen LogP contribution in [0, 0.1) is 40.4 Å². The van der Waals surface area contributed by atoms with Crippen molar-refractivity contribution in [3.63, 3.8) is 0 Å². The number of aliphatic hydroxyl groups excluding tert-OH is 1. The number of carbonyl (C=O) groups excluding carboxylic acids is 1. The van der Waals surface area contributed by atoms with Gasteiger partial charge in [-0.3, -0.25) is 4.79 Å². The van der Waals surface area contributed by atoms with Crippen LogP contribution in [0.5, 0.6) is 0 Å². The number of carbonyl (C=O) groups is 1. The standard InChI is InChI=1S/C27H44O2/c1-17(2)7-6-8-18(3)21-9-10-22-25-23(12-14-27(21,22)5)26(4)13-11-20(28)15-19(26)16-24(25)29/h17-22,28H,6-16H2,1-5H3/t18-,19-,20+,21-,22+,26+,27-/m1/s1. The minimum atomic E-state index is -0.195. The van der Waals surface area contributed by atoms with Gasteiger partial charge in [0.1, 0.15) is 0 Å². The Morgan fingerprint density at radius 2 is 1.83 bits per heavy atom. The van der Waals surface area contributed by atoms with E-state index < -0.39 is 0 Å². The van der Waals surface area contributed by atoms with E-state index >= 15 is 0 Å². The highest BCUT2D eigenvalue weighted by Gasteiger charge is 2.57. The van der Waals surface area contributed by atoms with Crippen LogP contribution >= 0.6 is 0 Å². The molecule has 1 N–H and O–H groups in total. The Balaban J connectivity index is 1.58. The molecule has 4 rings (SSSR count). The lowest BCUT2D eigenvalue weighted by molar-refractivity contribution is -0.121. The maximum Gasteiger partial charge on any atom is 0.159 e. The zero-order valence-electron chi connectivity index (χ0n) is 19.6. The van der Waals surface area contributed by atoms with Gasteiger partial charge in [0.15, 0.2) is 5.78 Å². The zero-order valence-corrected chi connectivity index (χ0v) is 19.6. The molecule has 4 aliphatic rings. The number of aliphatic hydroxyl groups is 1. The van der Waals surface area contributed by atoms with Crippen LogP contribution in [0.1, 0.15) is 105 Å². The summed E-state index contributed by atoms with van der Waals surface area (Å²) in [5.74, 6) is 3.67. The molecule has 0 radical (unpaired) electrons. The van der Waals surface area contributed by atoms with Crippen molar-refractivity contribution < 1.29 is 9.90 Å². The fourth-order valence-corrected chi connectivity index (χ4v) is 8.19. The molecule has 2 fully saturated rings. The van der Waals surface area contributed by atoms with Crippen molar-refractivity contribution in [1.29, 1.82) is 0 Å². The monoisotopic (exact) mass is 400 g/mol. The van der Waals surface area contributed by atoms with Crippen molar-refractivity contribution in [3.8, 4) is 0 Å². The molecule has 0 saturated heterocycles. The SMILES string of the molecule is CC(C)CCC[C@@H](C)[C@H]1CC[C@H]2C3=C(CC[C@]12C)[C@@]1(C)CC[C@H](O)C[C@@H]1CC3=O. The molecule has 2 heteroatoms. The predicted molar refractivity (Wildman–Crippen MR) is 120 cm³/mol. The number of fused-ring (bicyclic) bond motifs is 4. The third-order valence-electron chi connectivity index (χ3n) is 10.0. The first-order valence-electron chi connectivity index (χ1n) is 12.6. The van der Waals surface area contributed by atoms with Crippen LogP contribution in [0.4, 0.5) is 0 Å². The first-order chi connectivity index (χ1) is 13.7. The highest BCUT2D eigenvalue weighted by molar-refractivity contribution is 5.98. The molecular formula is C27H44O2. The number of Topliss-reactive ketones (excluding diaryl/α,β-unsaturated/α-hetero) is 1. The van der Waals surface area contributed by atoms with Crippen LogP contribution in [0.2, 0.25) is 0 Å². The van der Waals surface area contributed by atoms with E-state index in [0.29, 0.717) is 29.5 Å². The lowest BCUT2D eigenvalue weighted by atomic mass is 9.50. The Kier molecular flexibility index (Phi) is 5.82. The number of ketones is 1. The van der Waals surface area contributed by atoms with Crippen molar-refractivity contribution in [1.82, 2.24) is 0 Å². The van der Waals surface area contributed by atoms with E-state index in [9.17, 15) is 9.90 Å². The van der Waals surface area contributed by atoms with E-state index in [0.717, 1.165) is 43.4 Å². The molecule has 0 aromatic carbocycles. The molecule has 7 atom stereocenters. The molecular weight excluding hydrogens is 356 g/mol. The summed E-state index contributed by atoms with van der Waals surface area (Å²) in [5, 5.41) is 10.2. The average molecular weight is 401 g/mol. The lowest BCUT2D eigenvalue weighted by Crippen LogP contribution is -2.48. The molecule has 29 heavy (non-hydrogen) atoms. The first-order valence-corrected chi connectivity index (χ1v) is 12.6. The van der Waals surface area contributed by atoms with Crippen LogP contribution < -0.4 is 0 Å². The first kappa shape index (κ1) is 21.6. The summed E-state index contributed by atoms with van der Waals surface area (Å²) in [6.45, 7) is 12.1. The molecule has 164 valence electrons. The van der Waals surface area contributed by atoms with Crippen molar-refractivity contribution in [2.45, 2.75) is 111 Å². The van der Waals surface area contributed by atoms with Gasteiger partial charge in [-0.05, 0) is 90.9 Å². The smallest absolute Gasteiger partial charge is 0.159 e. The van der Waals surface area contributed by atoms with Crippen molar-refractivity contribution in [2.24, 2.45) is 40.4 Å². The second kappa shape index (κ2) is 7.81. The van der Waals surface area contributed by atoms with Gasteiger partial charge < -0.3 is 5.11 Å². The summed E-state index contributed by atoms with van der Waals surface area (Å²) in [6.07, 6.45) is 12.3. The van der Waals surface area contributed by atoms with Gasteiger partial charge in [0.05, 0.1) is 6.10 Å². The molecule has 4 aliphatic carbocycles. The van der Waals surface area contributed by atoms with Gasteiger partial charge in [-0.25, -0.2) is 0 Å². The number of hydrogen-bond acceptors (Lipinski definition) is 2. The molecule has 0 spiro atoms. The quantitative estimate of drug-likeness (QED) is 0.556. The summed E-state index contributed by atoms with van der Waals surface area (Å²) in [4.78, 5) is 13.4. The Morgan fingerprint density at radius 3 is 2.55 bits per heavy atom. The van der Waals surface area contributed by atoms with E-state index in [1.165, 1.54) is 49.7 Å². The highest BCUT2D eigenvalue weighted by atomic mass is 16.3. The molecule has 0 amide bonds. The maximum absolute atomic E-state index is 13.4. The molecule has 2 nitrogen and oxygen atoms in total. The Labute approximate surface area is 178 Å². The van der Waals surface area contributed by atoms with Gasteiger partial charge in [0.25, 0.3) is 0 Å². The summed E-state index contributed by atoms with van der Waals surface area (Å²) >= 11 is 0. The van der Waals surface area contributed by atoms with Crippen LogP contribution in [-0.4, -0.2) is 17.0 Å². The molecule has 0 bridgehead atoms. The second-order valence-electron chi connectivity index (χ2n) is 12.1. The van der Waals surface area contributed by atoms with Gasteiger partial charge in [0, 0.05) is 6.42 Å². The molecule has 0 heterocycles. The Hall–Kier alpha value is -0.630. The lowest BCUT2D eigenvalue weighted by Gasteiger charge is -2.54. The summed E-state index contributed by atoms with van der Waals surface area (Å²) in [6, 6.07) is 0. The third kappa shape index (κ3) is 3.56. The van der Waals surface area contributed by atoms with E-state index in [1.807, 2.05) is 0 Å². The van der Waals surface area contributed by atoms with Crippen LogP contribution in [-0.2, 0) is 4.79 Å². The van der Waals surface area contributed by atoms with Crippen LogP contribution in [0.25, 0.3) is 0 Å². The van der Waals surface area contributed by atoms with Gasteiger partial charge >= 0.3 is 0 Å². The predicted octanol–water partition coefficient (Wildman–Crippen LogP) is 6.71. The van der Waals surface area contributed by atoms with Gasteiger partial charge in [-0.1, -0.05) is 59.5 Å². The molecule has 0 unspecified atom stereocenters. The van der Waals surface area contributed by atoms with E-state index in [4.69, 9.17) is 0 Å². The molecule has 0 aromatic rings. The maximum atomic E-state index is 13.4. The van der Waals surface area contributed by atoms with Crippen molar-refractivity contribution in [3.05, 3.63) is 11.1 Å². The summed E-state index contributed by atoms with van der Waals surface area (Å²) in [5.41, 5.74) is 3.31. The summed E-state index contributed by atoms with van der Waals surface area (Å²) in [7, 11) is 0. The van der Waals surface area contributed by atoms with Gasteiger partial charge in [0.2, 0.25) is 0 Å². The zero-order chi connectivity index (χ0) is 21.0. The summed E-state index contributed by atoms with van der Waals surface area (Å²) < 4.78 is 0. The average Bonchev–Trinajstić information content (AvgIpc) is 3.00. The highest BCUT2D eigenvalue weighted by Crippen LogP contribution is 2.65. The molecule has 2 saturated carbocycles. The normalized spacial score (nSPS) is 43.2. The molecule has 0 aromatic heterocycles. The molecule has 0 aliphatic heterocycles. The Bertz CT molecular complexity index is 676.